The maximum absolute atomic E-state index is 12.5. The molecule has 0 unspecified atom stereocenters. The van der Waals surface area contributed by atoms with Gasteiger partial charge in [0.15, 0.2) is 0 Å². The molecule has 1 saturated heterocycles. The van der Waals surface area contributed by atoms with Crippen molar-refractivity contribution in [2.75, 3.05) is 6.54 Å². The molecule has 0 radical (unpaired) electrons. The number of nitrogens with zero attached hydrogens (tertiary/aromatic N) is 2. The highest BCUT2D eigenvalue weighted by Crippen LogP contribution is 2.23. The summed E-state index contributed by atoms with van der Waals surface area (Å²) in [5, 5.41) is 9.12. The van der Waals surface area contributed by atoms with Crippen LogP contribution >= 0.6 is 0 Å². The van der Waals surface area contributed by atoms with Crippen LogP contribution in [0.3, 0.4) is 0 Å². The van der Waals surface area contributed by atoms with Crippen LogP contribution in [-0.4, -0.2) is 33.5 Å². The Hall–Kier alpha value is -1.42. The van der Waals surface area contributed by atoms with Crippen molar-refractivity contribution in [1.82, 2.24) is 9.88 Å². The minimum absolute atomic E-state index is 0.00824. The zero-order chi connectivity index (χ0) is 13.7. The number of unbranched alkanes of at least 4 members (excludes halogenated alkanes) is 1. The second-order valence-electron chi connectivity index (χ2n) is 5.14. The molecular formula is C15H22N2O2. The smallest absolute Gasteiger partial charge is 0.272 e. The molecule has 4 heteroatoms. The van der Waals surface area contributed by atoms with Gasteiger partial charge in [-0.25, -0.2) is 0 Å². The van der Waals surface area contributed by atoms with E-state index in [2.05, 4.69) is 11.9 Å². The minimum atomic E-state index is -0.0535. The second kappa shape index (κ2) is 6.66. The van der Waals surface area contributed by atoms with Gasteiger partial charge in [-0.1, -0.05) is 19.8 Å². The zero-order valence-electron chi connectivity index (χ0n) is 11.5. The van der Waals surface area contributed by atoms with Gasteiger partial charge in [-0.15, -0.1) is 0 Å². The van der Waals surface area contributed by atoms with Gasteiger partial charge in [0.25, 0.3) is 5.91 Å². The lowest BCUT2D eigenvalue weighted by molar-refractivity contribution is 0.0722. The van der Waals surface area contributed by atoms with Crippen molar-refractivity contribution in [3.63, 3.8) is 0 Å². The Kier molecular flexibility index (Phi) is 4.91. The molecule has 1 aromatic heterocycles. The molecule has 1 fully saturated rings. The Morgan fingerprint density at radius 2 is 2.42 bits per heavy atom. The van der Waals surface area contributed by atoms with Gasteiger partial charge in [0.1, 0.15) is 5.69 Å². The van der Waals surface area contributed by atoms with E-state index in [4.69, 9.17) is 5.11 Å². The molecule has 0 bridgehead atoms. The molecule has 2 heterocycles. The SMILES string of the molecule is CCCC[C@@H]1CCCN1C(=O)c1cc(CO)ccn1. The summed E-state index contributed by atoms with van der Waals surface area (Å²) in [6.45, 7) is 2.95. The number of likely N-dealkylation sites (tertiary alicyclic amines) is 1. The molecule has 1 aliphatic rings. The van der Waals surface area contributed by atoms with Crippen molar-refractivity contribution in [1.29, 1.82) is 0 Å². The van der Waals surface area contributed by atoms with Crippen LogP contribution in [0.25, 0.3) is 0 Å². The normalized spacial score (nSPS) is 18.8. The number of rotatable bonds is 5. The molecule has 0 saturated carbocycles. The van der Waals surface area contributed by atoms with Gasteiger partial charge in [0, 0.05) is 18.8 Å². The van der Waals surface area contributed by atoms with E-state index in [9.17, 15) is 4.79 Å². The van der Waals surface area contributed by atoms with E-state index in [0.29, 0.717) is 11.7 Å². The lowest BCUT2D eigenvalue weighted by Crippen LogP contribution is -2.36. The first-order valence-electron chi connectivity index (χ1n) is 7.13. The average molecular weight is 262 g/mol. The lowest BCUT2D eigenvalue weighted by atomic mass is 10.1. The quantitative estimate of drug-likeness (QED) is 0.886. The standard InChI is InChI=1S/C15H22N2O2/c1-2-3-5-13-6-4-9-17(13)15(19)14-10-12(11-18)7-8-16-14/h7-8,10,13,18H,2-6,9,11H2,1H3/t13-/m1/s1. The predicted molar refractivity (Wildman–Crippen MR) is 73.7 cm³/mol. The lowest BCUT2D eigenvalue weighted by Gasteiger charge is -2.24. The van der Waals surface area contributed by atoms with Crippen LogP contribution < -0.4 is 0 Å². The van der Waals surface area contributed by atoms with E-state index in [-0.39, 0.29) is 12.5 Å². The molecule has 19 heavy (non-hydrogen) atoms. The van der Waals surface area contributed by atoms with Crippen LogP contribution in [0.4, 0.5) is 0 Å². The number of aliphatic hydroxyl groups excluding tert-OH is 1. The van der Waals surface area contributed by atoms with Gasteiger partial charge in [0.2, 0.25) is 0 Å². The highest BCUT2D eigenvalue weighted by molar-refractivity contribution is 5.92. The first kappa shape index (κ1) is 14.0. The Balaban J connectivity index is 2.09. The summed E-state index contributed by atoms with van der Waals surface area (Å²) in [5.41, 5.74) is 1.19. The number of pyridine rings is 1. The van der Waals surface area contributed by atoms with E-state index < -0.39 is 0 Å². The molecule has 1 amide bonds. The first-order valence-corrected chi connectivity index (χ1v) is 7.13. The van der Waals surface area contributed by atoms with Crippen molar-refractivity contribution in [3.05, 3.63) is 29.6 Å². The Bertz CT molecular complexity index is 434. The van der Waals surface area contributed by atoms with E-state index in [1.54, 1.807) is 18.3 Å². The number of carbonyl (C=O) groups is 1. The van der Waals surface area contributed by atoms with Gasteiger partial charge < -0.3 is 10.0 Å². The van der Waals surface area contributed by atoms with Crippen LogP contribution in [0.1, 0.15) is 55.1 Å². The van der Waals surface area contributed by atoms with E-state index >= 15 is 0 Å². The highest BCUT2D eigenvalue weighted by atomic mass is 16.3. The number of hydrogen-bond donors (Lipinski definition) is 1. The molecule has 0 aliphatic carbocycles. The van der Waals surface area contributed by atoms with Crippen LogP contribution in [0, 0.1) is 0 Å². The largest absolute Gasteiger partial charge is 0.392 e. The summed E-state index contributed by atoms with van der Waals surface area (Å²) >= 11 is 0. The summed E-state index contributed by atoms with van der Waals surface area (Å²) in [6.07, 6.45) is 7.19. The average Bonchev–Trinajstić information content (AvgIpc) is 2.92. The van der Waals surface area contributed by atoms with Gasteiger partial charge in [-0.2, -0.15) is 0 Å². The van der Waals surface area contributed by atoms with Crippen molar-refractivity contribution in [2.24, 2.45) is 0 Å². The molecule has 4 nitrogen and oxygen atoms in total. The Morgan fingerprint density at radius 3 is 3.16 bits per heavy atom. The summed E-state index contributed by atoms with van der Waals surface area (Å²) in [5.74, 6) is 0.00824. The van der Waals surface area contributed by atoms with Crippen molar-refractivity contribution in [2.45, 2.75) is 51.7 Å². The van der Waals surface area contributed by atoms with Gasteiger partial charge in [-0.05, 0) is 37.0 Å². The molecule has 0 aromatic carbocycles. The van der Waals surface area contributed by atoms with E-state index in [0.717, 1.165) is 37.8 Å². The van der Waals surface area contributed by atoms with Crippen LogP contribution in [-0.2, 0) is 6.61 Å². The third-order valence-corrected chi connectivity index (χ3v) is 3.75. The number of amides is 1. The molecule has 0 spiro atoms. The fourth-order valence-electron chi connectivity index (χ4n) is 2.68. The van der Waals surface area contributed by atoms with Crippen LogP contribution in [0.2, 0.25) is 0 Å². The number of carbonyl (C=O) groups excluding carboxylic acids is 1. The molecule has 1 atom stereocenters. The number of hydrogen-bond acceptors (Lipinski definition) is 3. The van der Waals surface area contributed by atoms with Crippen molar-refractivity contribution in [3.8, 4) is 0 Å². The highest BCUT2D eigenvalue weighted by Gasteiger charge is 2.29. The third kappa shape index (κ3) is 3.32. The third-order valence-electron chi connectivity index (χ3n) is 3.75. The maximum Gasteiger partial charge on any atom is 0.272 e. The fourth-order valence-corrected chi connectivity index (χ4v) is 2.68. The minimum Gasteiger partial charge on any atom is -0.392 e. The zero-order valence-corrected chi connectivity index (χ0v) is 11.5. The summed E-state index contributed by atoms with van der Waals surface area (Å²) in [7, 11) is 0. The summed E-state index contributed by atoms with van der Waals surface area (Å²) in [6, 6.07) is 3.79. The number of aromatic nitrogens is 1. The molecule has 1 aromatic rings. The molecule has 104 valence electrons. The van der Waals surface area contributed by atoms with Gasteiger partial charge in [0.05, 0.1) is 6.61 Å². The second-order valence-corrected chi connectivity index (χ2v) is 5.14. The predicted octanol–water partition coefficient (Wildman–Crippen LogP) is 2.37. The molecule has 1 N–H and O–H groups in total. The summed E-state index contributed by atoms with van der Waals surface area (Å²) < 4.78 is 0. The van der Waals surface area contributed by atoms with Gasteiger partial charge in [-0.3, -0.25) is 9.78 Å². The molecule has 2 rings (SSSR count). The van der Waals surface area contributed by atoms with E-state index in [1.807, 2.05) is 4.90 Å². The van der Waals surface area contributed by atoms with Gasteiger partial charge >= 0.3 is 0 Å². The molecule has 1 aliphatic heterocycles. The monoisotopic (exact) mass is 262 g/mol. The Morgan fingerprint density at radius 1 is 1.58 bits per heavy atom. The van der Waals surface area contributed by atoms with E-state index in [1.165, 1.54) is 6.42 Å². The van der Waals surface area contributed by atoms with Crippen LogP contribution in [0.15, 0.2) is 18.3 Å². The first-order chi connectivity index (χ1) is 9.26. The Labute approximate surface area is 114 Å². The maximum atomic E-state index is 12.5. The summed E-state index contributed by atoms with van der Waals surface area (Å²) in [4.78, 5) is 18.6. The van der Waals surface area contributed by atoms with Crippen molar-refractivity contribution >= 4 is 5.91 Å². The van der Waals surface area contributed by atoms with Crippen molar-refractivity contribution < 1.29 is 9.90 Å². The molecular weight excluding hydrogens is 240 g/mol. The van der Waals surface area contributed by atoms with Crippen LogP contribution in [0.5, 0.6) is 0 Å². The fraction of sp³-hybridized carbons (Fsp3) is 0.600. The topological polar surface area (TPSA) is 53.4 Å². The number of aliphatic hydroxyl groups is 1.